The molecule has 1 fully saturated rings. The number of nitrogens with one attached hydrogen (secondary N) is 2. The summed E-state index contributed by atoms with van der Waals surface area (Å²) in [5.41, 5.74) is 0. The maximum Gasteiger partial charge on any atom is 0.237 e. The van der Waals surface area contributed by atoms with E-state index in [9.17, 15) is 4.79 Å². The van der Waals surface area contributed by atoms with Crippen LogP contribution in [0.4, 0.5) is 0 Å². The molecule has 15 heavy (non-hydrogen) atoms. The number of piperidine rings is 1. The Kier molecular flexibility index (Phi) is 5.01. The molecule has 1 amide bonds. The third-order valence-corrected chi connectivity index (χ3v) is 2.77. The summed E-state index contributed by atoms with van der Waals surface area (Å²) in [7, 11) is 0. The zero-order chi connectivity index (χ0) is 11.3. The maximum absolute atomic E-state index is 11.7. The van der Waals surface area contributed by atoms with Gasteiger partial charge in [-0.3, -0.25) is 4.79 Å². The van der Waals surface area contributed by atoms with E-state index in [1.807, 2.05) is 6.92 Å². The Labute approximate surface area is 89.9 Å². The fraction of sp³-hybridized carbons (Fsp3) is 0.900. The number of carbonyl (C=O) groups excluding carboxylic acids is 1. The van der Waals surface area contributed by atoms with E-state index in [1.54, 1.807) is 0 Å². The van der Waals surface area contributed by atoms with Crippen LogP contribution in [-0.2, 0) is 4.79 Å². The first-order valence-corrected chi connectivity index (χ1v) is 5.45. The Morgan fingerprint density at radius 3 is 3.00 bits per heavy atom. The van der Waals surface area contributed by atoms with Gasteiger partial charge in [0.1, 0.15) is 0 Å². The molecule has 0 saturated carbocycles. The Hall–Kier alpha value is -0.650. The van der Waals surface area contributed by atoms with Gasteiger partial charge in [-0.1, -0.05) is 6.92 Å². The second-order valence-corrected chi connectivity index (χ2v) is 4.13. The van der Waals surface area contributed by atoms with Crippen LogP contribution in [-0.4, -0.2) is 48.0 Å². The van der Waals surface area contributed by atoms with Gasteiger partial charge in [0.2, 0.25) is 5.91 Å². The number of rotatable bonds is 4. The standard InChI is InChI=1S/C10H20N2O3/c1-7-3-2-4-11-9(7)10(15)12-5-8(14)6-13/h7-9,11,13-14H,2-6H2,1H3,(H,12,15). The molecule has 0 aromatic carbocycles. The highest BCUT2D eigenvalue weighted by Crippen LogP contribution is 2.15. The Balaban J connectivity index is 2.32. The van der Waals surface area contributed by atoms with Crippen molar-refractivity contribution >= 4 is 5.91 Å². The number of aliphatic hydroxyl groups is 2. The predicted octanol–water partition coefficient (Wildman–Crippen LogP) is -1.16. The average Bonchev–Trinajstić information content (AvgIpc) is 2.26. The van der Waals surface area contributed by atoms with Crippen molar-refractivity contribution in [3.05, 3.63) is 0 Å². The first-order valence-electron chi connectivity index (χ1n) is 5.45. The van der Waals surface area contributed by atoms with Crippen LogP contribution in [0.15, 0.2) is 0 Å². The van der Waals surface area contributed by atoms with E-state index in [0.717, 1.165) is 19.4 Å². The van der Waals surface area contributed by atoms with Crippen LogP contribution < -0.4 is 10.6 Å². The summed E-state index contributed by atoms with van der Waals surface area (Å²) < 4.78 is 0. The zero-order valence-corrected chi connectivity index (χ0v) is 9.07. The molecule has 0 spiro atoms. The minimum absolute atomic E-state index is 0.0882. The molecular formula is C10H20N2O3. The smallest absolute Gasteiger partial charge is 0.237 e. The number of amides is 1. The van der Waals surface area contributed by atoms with E-state index >= 15 is 0 Å². The van der Waals surface area contributed by atoms with Crippen LogP contribution in [0.5, 0.6) is 0 Å². The minimum Gasteiger partial charge on any atom is -0.394 e. The van der Waals surface area contributed by atoms with E-state index in [0.29, 0.717) is 5.92 Å². The molecule has 0 bridgehead atoms. The highest BCUT2D eigenvalue weighted by atomic mass is 16.3. The van der Waals surface area contributed by atoms with Crippen molar-refractivity contribution in [1.82, 2.24) is 10.6 Å². The van der Waals surface area contributed by atoms with Gasteiger partial charge in [-0.2, -0.15) is 0 Å². The Morgan fingerprint density at radius 1 is 1.67 bits per heavy atom. The van der Waals surface area contributed by atoms with E-state index in [2.05, 4.69) is 10.6 Å². The second-order valence-electron chi connectivity index (χ2n) is 4.13. The van der Waals surface area contributed by atoms with Crippen molar-refractivity contribution in [3.8, 4) is 0 Å². The average molecular weight is 216 g/mol. The van der Waals surface area contributed by atoms with Crippen LogP contribution in [0.2, 0.25) is 0 Å². The molecule has 0 radical (unpaired) electrons. The van der Waals surface area contributed by atoms with Crippen molar-refractivity contribution in [1.29, 1.82) is 0 Å². The fourth-order valence-corrected chi connectivity index (χ4v) is 1.79. The number of hydrogen-bond donors (Lipinski definition) is 4. The Bertz CT molecular complexity index is 211. The first kappa shape index (κ1) is 12.4. The van der Waals surface area contributed by atoms with Gasteiger partial charge in [-0.25, -0.2) is 0 Å². The molecule has 1 saturated heterocycles. The molecule has 4 N–H and O–H groups in total. The molecule has 88 valence electrons. The van der Waals surface area contributed by atoms with Crippen LogP contribution in [0, 0.1) is 5.92 Å². The topological polar surface area (TPSA) is 81.6 Å². The predicted molar refractivity (Wildman–Crippen MR) is 56.3 cm³/mol. The number of carbonyl (C=O) groups is 1. The monoisotopic (exact) mass is 216 g/mol. The summed E-state index contributed by atoms with van der Waals surface area (Å²) in [6, 6.07) is -0.162. The van der Waals surface area contributed by atoms with Gasteiger partial charge in [-0.15, -0.1) is 0 Å². The summed E-state index contributed by atoms with van der Waals surface area (Å²) in [4.78, 5) is 11.7. The molecule has 5 heteroatoms. The van der Waals surface area contributed by atoms with E-state index in [1.165, 1.54) is 0 Å². The van der Waals surface area contributed by atoms with Crippen molar-refractivity contribution in [2.45, 2.75) is 31.9 Å². The lowest BCUT2D eigenvalue weighted by molar-refractivity contribution is -0.125. The van der Waals surface area contributed by atoms with Crippen molar-refractivity contribution in [2.24, 2.45) is 5.92 Å². The summed E-state index contributed by atoms with van der Waals surface area (Å²) in [6.07, 6.45) is 1.28. The third kappa shape index (κ3) is 3.77. The lowest BCUT2D eigenvalue weighted by Crippen LogP contribution is -2.52. The van der Waals surface area contributed by atoms with E-state index < -0.39 is 6.10 Å². The van der Waals surface area contributed by atoms with Crippen molar-refractivity contribution in [2.75, 3.05) is 19.7 Å². The highest BCUT2D eigenvalue weighted by molar-refractivity contribution is 5.82. The first-order chi connectivity index (χ1) is 7.15. The van der Waals surface area contributed by atoms with Gasteiger partial charge in [0, 0.05) is 6.54 Å². The van der Waals surface area contributed by atoms with Gasteiger partial charge < -0.3 is 20.8 Å². The van der Waals surface area contributed by atoms with Crippen LogP contribution in [0.1, 0.15) is 19.8 Å². The molecule has 5 nitrogen and oxygen atoms in total. The number of hydrogen-bond acceptors (Lipinski definition) is 4. The molecule has 0 aromatic rings. The normalized spacial score (nSPS) is 28.5. The van der Waals surface area contributed by atoms with Gasteiger partial charge in [0.25, 0.3) is 0 Å². The SMILES string of the molecule is CC1CCCNC1C(=O)NCC(O)CO. The minimum atomic E-state index is -0.868. The Morgan fingerprint density at radius 2 is 2.40 bits per heavy atom. The van der Waals surface area contributed by atoms with Gasteiger partial charge in [-0.05, 0) is 25.3 Å². The van der Waals surface area contributed by atoms with Crippen molar-refractivity contribution < 1.29 is 15.0 Å². The lowest BCUT2D eigenvalue weighted by Gasteiger charge is -2.29. The summed E-state index contributed by atoms with van der Waals surface area (Å²) >= 11 is 0. The van der Waals surface area contributed by atoms with Gasteiger partial charge >= 0.3 is 0 Å². The second kappa shape index (κ2) is 6.05. The van der Waals surface area contributed by atoms with E-state index in [-0.39, 0.29) is 25.1 Å². The molecule has 0 aromatic heterocycles. The van der Waals surface area contributed by atoms with Crippen LogP contribution in [0.3, 0.4) is 0 Å². The highest BCUT2D eigenvalue weighted by Gasteiger charge is 2.27. The zero-order valence-electron chi connectivity index (χ0n) is 9.07. The molecule has 1 rings (SSSR count). The molecular weight excluding hydrogens is 196 g/mol. The van der Waals surface area contributed by atoms with Crippen LogP contribution in [0.25, 0.3) is 0 Å². The van der Waals surface area contributed by atoms with E-state index in [4.69, 9.17) is 10.2 Å². The summed E-state index contributed by atoms with van der Waals surface area (Å²) in [5, 5.41) is 23.5. The molecule has 1 aliphatic heterocycles. The molecule has 1 heterocycles. The molecule has 3 unspecified atom stereocenters. The summed E-state index contributed by atoms with van der Waals surface area (Å²) in [6.45, 7) is 2.69. The van der Waals surface area contributed by atoms with Crippen molar-refractivity contribution in [3.63, 3.8) is 0 Å². The molecule has 3 atom stereocenters. The molecule has 0 aliphatic carbocycles. The maximum atomic E-state index is 11.7. The molecule has 1 aliphatic rings. The van der Waals surface area contributed by atoms with Crippen LogP contribution >= 0.6 is 0 Å². The third-order valence-electron chi connectivity index (χ3n) is 2.77. The van der Waals surface area contributed by atoms with Gasteiger partial charge in [0.15, 0.2) is 0 Å². The lowest BCUT2D eigenvalue weighted by atomic mass is 9.92. The van der Waals surface area contributed by atoms with Gasteiger partial charge in [0.05, 0.1) is 18.8 Å². The quantitative estimate of drug-likeness (QED) is 0.478. The fourth-order valence-electron chi connectivity index (χ4n) is 1.79. The number of aliphatic hydroxyl groups excluding tert-OH is 2. The summed E-state index contributed by atoms with van der Waals surface area (Å²) in [5.74, 6) is 0.236. The largest absolute Gasteiger partial charge is 0.394 e.